The minimum absolute atomic E-state index is 0.0143. The smallest absolute Gasteiger partial charge is 0.223 e. The first kappa shape index (κ1) is 12.9. The number of benzene rings is 1. The monoisotopic (exact) mass is 249 g/mol. The molecule has 1 aliphatic carbocycles. The lowest BCUT2D eigenvalue weighted by Crippen LogP contribution is -2.46. The van der Waals surface area contributed by atoms with Crippen molar-refractivity contribution in [3.05, 3.63) is 29.8 Å². The van der Waals surface area contributed by atoms with Crippen LogP contribution in [0, 0.1) is 6.92 Å². The van der Waals surface area contributed by atoms with E-state index in [0.29, 0.717) is 25.9 Å². The minimum Gasteiger partial charge on any atom is -0.493 e. The van der Waals surface area contributed by atoms with E-state index in [-0.39, 0.29) is 18.1 Å². The summed E-state index contributed by atoms with van der Waals surface area (Å²) in [6, 6.07) is 7.90. The van der Waals surface area contributed by atoms with Crippen LogP contribution in [0.4, 0.5) is 0 Å². The summed E-state index contributed by atoms with van der Waals surface area (Å²) in [6.07, 6.45) is 1.45. The van der Waals surface area contributed by atoms with E-state index in [1.807, 2.05) is 31.2 Å². The van der Waals surface area contributed by atoms with Crippen LogP contribution in [0.25, 0.3) is 0 Å². The van der Waals surface area contributed by atoms with Gasteiger partial charge in [0.15, 0.2) is 0 Å². The third-order valence-corrected chi connectivity index (χ3v) is 3.07. The van der Waals surface area contributed by atoms with Crippen molar-refractivity contribution in [3.8, 4) is 5.75 Å². The Bertz CT molecular complexity index is 413. The lowest BCUT2D eigenvalue weighted by molar-refractivity contribution is -0.123. The predicted octanol–water partition coefficient (Wildman–Crippen LogP) is 1.40. The van der Waals surface area contributed by atoms with Crippen molar-refractivity contribution in [1.82, 2.24) is 5.32 Å². The molecule has 0 aliphatic heterocycles. The highest BCUT2D eigenvalue weighted by atomic mass is 16.5. The summed E-state index contributed by atoms with van der Waals surface area (Å²) in [4.78, 5) is 11.5. The summed E-state index contributed by atoms with van der Waals surface area (Å²) in [6.45, 7) is 2.38. The second-order valence-electron chi connectivity index (χ2n) is 4.80. The maximum atomic E-state index is 11.5. The average Bonchev–Trinajstić information content (AvgIpc) is 2.27. The topological polar surface area (TPSA) is 58.6 Å². The second-order valence-corrected chi connectivity index (χ2v) is 4.80. The molecule has 0 bridgehead atoms. The molecule has 1 aromatic carbocycles. The molecule has 0 aromatic heterocycles. The summed E-state index contributed by atoms with van der Waals surface area (Å²) in [7, 11) is 0. The van der Waals surface area contributed by atoms with Gasteiger partial charge in [-0.05, 0) is 37.5 Å². The summed E-state index contributed by atoms with van der Waals surface area (Å²) >= 11 is 0. The van der Waals surface area contributed by atoms with Crippen LogP contribution in [-0.2, 0) is 4.79 Å². The number of amides is 1. The van der Waals surface area contributed by atoms with Crippen molar-refractivity contribution < 1.29 is 14.6 Å². The number of aryl methyl sites for hydroxylation is 1. The van der Waals surface area contributed by atoms with E-state index in [1.54, 1.807) is 0 Å². The first-order chi connectivity index (χ1) is 8.63. The number of aliphatic hydroxyl groups is 1. The summed E-state index contributed by atoms with van der Waals surface area (Å²) in [5.74, 6) is 0.779. The van der Waals surface area contributed by atoms with Gasteiger partial charge in [0, 0.05) is 6.04 Å². The Hall–Kier alpha value is -1.55. The van der Waals surface area contributed by atoms with Gasteiger partial charge in [-0.3, -0.25) is 4.79 Å². The minimum atomic E-state index is -0.237. The molecule has 4 heteroatoms. The fraction of sp³-hybridized carbons (Fsp3) is 0.500. The Labute approximate surface area is 107 Å². The standard InChI is InChI=1S/C14H19NO3/c1-10-3-2-4-13(7-10)18-6-5-14(17)15-11-8-12(16)9-11/h2-4,7,11-12,16H,5-6,8-9H2,1H3,(H,15,17). The largest absolute Gasteiger partial charge is 0.493 e. The average molecular weight is 249 g/mol. The number of carbonyl (C=O) groups is 1. The van der Waals surface area contributed by atoms with E-state index < -0.39 is 0 Å². The molecule has 1 fully saturated rings. The molecule has 18 heavy (non-hydrogen) atoms. The third kappa shape index (κ3) is 3.74. The van der Waals surface area contributed by atoms with Crippen LogP contribution in [0.5, 0.6) is 5.75 Å². The summed E-state index contributed by atoms with van der Waals surface area (Å²) < 4.78 is 5.50. The highest BCUT2D eigenvalue weighted by Crippen LogP contribution is 2.19. The molecule has 1 amide bonds. The van der Waals surface area contributed by atoms with E-state index >= 15 is 0 Å². The normalized spacial score (nSPS) is 22.1. The van der Waals surface area contributed by atoms with E-state index in [9.17, 15) is 4.79 Å². The number of aliphatic hydroxyl groups excluding tert-OH is 1. The Balaban J connectivity index is 1.64. The van der Waals surface area contributed by atoms with Crippen LogP contribution >= 0.6 is 0 Å². The Morgan fingerprint density at radius 1 is 1.50 bits per heavy atom. The molecule has 0 atom stereocenters. The van der Waals surface area contributed by atoms with E-state index in [4.69, 9.17) is 9.84 Å². The van der Waals surface area contributed by atoms with Crippen molar-refractivity contribution in [3.63, 3.8) is 0 Å². The molecule has 4 nitrogen and oxygen atoms in total. The molecule has 0 spiro atoms. The zero-order chi connectivity index (χ0) is 13.0. The van der Waals surface area contributed by atoms with Crippen molar-refractivity contribution in [2.45, 2.75) is 38.3 Å². The second kappa shape index (κ2) is 5.87. The fourth-order valence-electron chi connectivity index (χ4n) is 1.97. The molecule has 1 aromatic rings. The SMILES string of the molecule is Cc1cccc(OCCC(=O)NC2CC(O)C2)c1. The fourth-order valence-corrected chi connectivity index (χ4v) is 1.97. The maximum absolute atomic E-state index is 11.5. The molecule has 2 N–H and O–H groups in total. The number of nitrogens with one attached hydrogen (secondary N) is 1. The predicted molar refractivity (Wildman–Crippen MR) is 68.5 cm³/mol. The maximum Gasteiger partial charge on any atom is 0.223 e. The number of carbonyl (C=O) groups excluding carboxylic acids is 1. The van der Waals surface area contributed by atoms with Gasteiger partial charge in [0.05, 0.1) is 19.1 Å². The van der Waals surface area contributed by atoms with E-state index in [1.165, 1.54) is 0 Å². The van der Waals surface area contributed by atoms with Crippen LogP contribution in [0.3, 0.4) is 0 Å². The number of hydrogen-bond acceptors (Lipinski definition) is 3. The zero-order valence-electron chi connectivity index (χ0n) is 10.6. The van der Waals surface area contributed by atoms with E-state index in [2.05, 4.69) is 5.32 Å². The van der Waals surface area contributed by atoms with Gasteiger partial charge in [-0.1, -0.05) is 12.1 Å². The van der Waals surface area contributed by atoms with Crippen molar-refractivity contribution in [2.75, 3.05) is 6.61 Å². The molecule has 0 unspecified atom stereocenters. The highest BCUT2D eigenvalue weighted by Gasteiger charge is 2.28. The summed E-state index contributed by atoms with van der Waals surface area (Å²) in [5, 5.41) is 12.0. The van der Waals surface area contributed by atoms with Gasteiger partial charge < -0.3 is 15.2 Å². The summed E-state index contributed by atoms with van der Waals surface area (Å²) in [5.41, 5.74) is 1.14. The van der Waals surface area contributed by atoms with Gasteiger partial charge in [-0.15, -0.1) is 0 Å². The quantitative estimate of drug-likeness (QED) is 0.829. The Kier molecular flexibility index (Phi) is 4.20. The molecule has 0 saturated heterocycles. The third-order valence-electron chi connectivity index (χ3n) is 3.07. The number of rotatable bonds is 5. The molecule has 1 aliphatic rings. The lowest BCUT2D eigenvalue weighted by Gasteiger charge is -2.31. The molecule has 0 heterocycles. The Morgan fingerprint density at radius 3 is 2.94 bits per heavy atom. The van der Waals surface area contributed by atoms with Gasteiger partial charge in [0.25, 0.3) is 0 Å². The highest BCUT2D eigenvalue weighted by molar-refractivity contribution is 5.76. The molecule has 1 saturated carbocycles. The van der Waals surface area contributed by atoms with Crippen LogP contribution in [0.15, 0.2) is 24.3 Å². The van der Waals surface area contributed by atoms with Crippen LogP contribution in [0.2, 0.25) is 0 Å². The van der Waals surface area contributed by atoms with Crippen LogP contribution < -0.4 is 10.1 Å². The van der Waals surface area contributed by atoms with Crippen molar-refractivity contribution >= 4 is 5.91 Å². The molecular formula is C14H19NO3. The molecule has 0 radical (unpaired) electrons. The van der Waals surface area contributed by atoms with Crippen LogP contribution in [-0.4, -0.2) is 29.8 Å². The first-order valence-electron chi connectivity index (χ1n) is 6.30. The molecule has 98 valence electrons. The number of ether oxygens (including phenoxy) is 1. The Morgan fingerprint density at radius 2 is 2.28 bits per heavy atom. The van der Waals surface area contributed by atoms with Gasteiger partial charge in [0.2, 0.25) is 5.91 Å². The van der Waals surface area contributed by atoms with Gasteiger partial charge in [-0.2, -0.15) is 0 Å². The van der Waals surface area contributed by atoms with Crippen LogP contribution in [0.1, 0.15) is 24.8 Å². The van der Waals surface area contributed by atoms with Gasteiger partial charge in [-0.25, -0.2) is 0 Å². The first-order valence-corrected chi connectivity index (χ1v) is 6.30. The van der Waals surface area contributed by atoms with Gasteiger partial charge in [0.1, 0.15) is 5.75 Å². The van der Waals surface area contributed by atoms with E-state index in [0.717, 1.165) is 11.3 Å². The lowest BCUT2D eigenvalue weighted by atomic mass is 9.89. The van der Waals surface area contributed by atoms with Gasteiger partial charge >= 0.3 is 0 Å². The molecule has 2 rings (SSSR count). The van der Waals surface area contributed by atoms with Crippen molar-refractivity contribution in [2.24, 2.45) is 0 Å². The molecular weight excluding hydrogens is 230 g/mol. The number of hydrogen-bond donors (Lipinski definition) is 2. The van der Waals surface area contributed by atoms with Crippen molar-refractivity contribution in [1.29, 1.82) is 0 Å². The zero-order valence-corrected chi connectivity index (χ0v) is 10.6.